The number of anilines is 1. The van der Waals surface area contributed by atoms with Crippen LogP contribution in [0.1, 0.15) is 19.3 Å². The van der Waals surface area contributed by atoms with Crippen molar-refractivity contribution in [2.24, 2.45) is 0 Å². The van der Waals surface area contributed by atoms with E-state index >= 15 is 0 Å². The zero-order valence-electron chi connectivity index (χ0n) is 10.3. The number of rotatable bonds is 6. The molecule has 0 heterocycles. The van der Waals surface area contributed by atoms with Gasteiger partial charge in [0.05, 0.1) is 12.8 Å². The van der Waals surface area contributed by atoms with Crippen molar-refractivity contribution in [3.8, 4) is 5.75 Å². The van der Waals surface area contributed by atoms with E-state index in [1.807, 2.05) is 24.3 Å². The molecule has 0 N–H and O–H groups in total. The summed E-state index contributed by atoms with van der Waals surface area (Å²) in [6, 6.07) is 7.49. The Bertz CT molecular complexity index is 368. The summed E-state index contributed by atoms with van der Waals surface area (Å²) in [5, 5.41) is 0. The van der Waals surface area contributed by atoms with Gasteiger partial charge in [0.15, 0.2) is 0 Å². The van der Waals surface area contributed by atoms with E-state index in [-0.39, 0.29) is 5.91 Å². The molecule has 0 fully saturated rings. The first kappa shape index (κ1) is 13.8. The third-order valence-electron chi connectivity index (χ3n) is 2.59. The maximum Gasteiger partial charge on any atom is 0.226 e. The van der Waals surface area contributed by atoms with Crippen molar-refractivity contribution in [1.82, 2.24) is 0 Å². The summed E-state index contributed by atoms with van der Waals surface area (Å²) in [4.78, 5) is 13.5. The summed E-state index contributed by atoms with van der Waals surface area (Å²) < 4.78 is 5.23. The summed E-state index contributed by atoms with van der Waals surface area (Å²) in [7, 11) is 3.37. The normalized spacial score (nSPS) is 10.1. The number of benzene rings is 1. The van der Waals surface area contributed by atoms with Crippen molar-refractivity contribution in [1.29, 1.82) is 0 Å². The Balaban J connectivity index is 2.67. The fraction of sp³-hybridized carbons (Fsp3) is 0.462. The molecule has 0 bridgehead atoms. The van der Waals surface area contributed by atoms with Gasteiger partial charge in [-0.3, -0.25) is 4.79 Å². The number of halogens is 1. The van der Waals surface area contributed by atoms with Crippen LogP contribution in [0.3, 0.4) is 0 Å². The molecule has 0 saturated heterocycles. The molecule has 1 aromatic rings. The van der Waals surface area contributed by atoms with Gasteiger partial charge >= 0.3 is 0 Å². The molecular formula is C13H18ClNO2. The largest absolute Gasteiger partial charge is 0.495 e. The SMILES string of the molecule is COc1ccccc1N(C)C(=O)CCCCCl. The van der Waals surface area contributed by atoms with Gasteiger partial charge in [0, 0.05) is 19.3 Å². The summed E-state index contributed by atoms with van der Waals surface area (Å²) in [5.41, 5.74) is 0.797. The Morgan fingerprint density at radius 3 is 2.71 bits per heavy atom. The van der Waals surface area contributed by atoms with Crippen LogP contribution in [-0.4, -0.2) is 25.9 Å². The van der Waals surface area contributed by atoms with E-state index in [9.17, 15) is 4.79 Å². The van der Waals surface area contributed by atoms with Gasteiger partial charge in [0.25, 0.3) is 0 Å². The fourth-order valence-electron chi connectivity index (χ4n) is 1.58. The number of alkyl halides is 1. The van der Waals surface area contributed by atoms with Gasteiger partial charge in [-0.25, -0.2) is 0 Å². The minimum Gasteiger partial charge on any atom is -0.495 e. The first-order valence-corrected chi connectivity index (χ1v) is 6.19. The Kier molecular flexibility index (Phi) is 5.84. The minimum absolute atomic E-state index is 0.0830. The molecule has 17 heavy (non-hydrogen) atoms. The number of nitrogens with zero attached hydrogens (tertiary/aromatic N) is 1. The van der Waals surface area contributed by atoms with E-state index in [0.717, 1.165) is 18.5 Å². The zero-order chi connectivity index (χ0) is 12.7. The third-order valence-corrected chi connectivity index (χ3v) is 2.86. The first-order chi connectivity index (χ1) is 8.20. The summed E-state index contributed by atoms with van der Waals surface area (Å²) in [6.45, 7) is 0. The fourth-order valence-corrected chi connectivity index (χ4v) is 1.77. The van der Waals surface area contributed by atoms with Gasteiger partial charge < -0.3 is 9.64 Å². The van der Waals surface area contributed by atoms with Crippen molar-refractivity contribution >= 4 is 23.2 Å². The number of unbranched alkanes of at least 4 members (excludes halogenated alkanes) is 1. The molecule has 0 spiro atoms. The lowest BCUT2D eigenvalue weighted by atomic mass is 10.2. The van der Waals surface area contributed by atoms with Gasteiger partial charge in [-0.2, -0.15) is 0 Å². The second-order valence-electron chi connectivity index (χ2n) is 3.77. The van der Waals surface area contributed by atoms with Crippen LogP contribution in [0.4, 0.5) is 5.69 Å². The number of carbonyl (C=O) groups excluding carboxylic acids is 1. The number of para-hydroxylation sites is 2. The van der Waals surface area contributed by atoms with Crippen LogP contribution < -0.4 is 9.64 Å². The highest BCUT2D eigenvalue weighted by Gasteiger charge is 2.13. The lowest BCUT2D eigenvalue weighted by Gasteiger charge is -2.19. The molecule has 0 saturated carbocycles. The topological polar surface area (TPSA) is 29.5 Å². The lowest BCUT2D eigenvalue weighted by Crippen LogP contribution is -2.26. The van der Waals surface area contributed by atoms with E-state index < -0.39 is 0 Å². The van der Waals surface area contributed by atoms with Crippen LogP contribution in [0.5, 0.6) is 5.75 Å². The predicted molar refractivity (Wildman–Crippen MR) is 71.0 cm³/mol. The molecule has 0 radical (unpaired) electrons. The quantitative estimate of drug-likeness (QED) is 0.578. The molecule has 94 valence electrons. The maximum atomic E-state index is 11.9. The lowest BCUT2D eigenvalue weighted by molar-refractivity contribution is -0.118. The van der Waals surface area contributed by atoms with E-state index in [1.54, 1.807) is 19.1 Å². The molecule has 0 atom stereocenters. The molecule has 0 aliphatic heterocycles. The molecule has 0 aliphatic carbocycles. The van der Waals surface area contributed by atoms with Crippen LogP contribution in [0, 0.1) is 0 Å². The second-order valence-corrected chi connectivity index (χ2v) is 4.15. The minimum atomic E-state index is 0.0830. The molecule has 1 amide bonds. The standard InChI is InChI=1S/C13H18ClNO2/c1-15(13(16)9-5-6-10-14)11-7-3-4-8-12(11)17-2/h3-4,7-8H,5-6,9-10H2,1-2H3. The summed E-state index contributed by atoms with van der Waals surface area (Å²) in [6.07, 6.45) is 2.20. The van der Waals surface area contributed by atoms with E-state index in [4.69, 9.17) is 16.3 Å². The van der Waals surface area contributed by atoms with Crippen LogP contribution in [0.2, 0.25) is 0 Å². The predicted octanol–water partition coefficient (Wildman–Crippen LogP) is 3.07. The van der Waals surface area contributed by atoms with Gasteiger partial charge in [-0.15, -0.1) is 11.6 Å². The number of hydrogen-bond donors (Lipinski definition) is 0. The number of hydrogen-bond acceptors (Lipinski definition) is 2. The van der Waals surface area contributed by atoms with Crippen molar-refractivity contribution in [3.63, 3.8) is 0 Å². The Labute approximate surface area is 107 Å². The van der Waals surface area contributed by atoms with E-state index in [2.05, 4.69) is 0 Å². The molecular weight excluding hydrogens is 238 g/mol. The number of ether oxygens (including phenoxy) is 1. The average molecular weight is 256 g/mol. The average Bonchev–Trinajstić information content (AvgIpc) is 2.38. The van der Waals surface area contributed by atoms with Gasteiger partial charge in [-0.05, 0) is 25.0 Å². The van der Waals surface area contributed by atoms with Crippen molar-refractivity contribution < 1.29 is 9.53 Å². The summed E-state index contributed by atoms with van der Waals surface area (Å²) in [5.74, 6) is 1.39. The molecule has 0 aliphatic rings. The molecule has 3 nitrogen and oxygen atoms in total. The van der Waals surface area contributed by atoms with Crippen molar-refractivity contribution in [2.45, 2.75) is 19.3 Å². The summed E-state index contributed by atoms with van der Waals surface area (Å²) >= 11 is 5.58. The molecule has 0 unspecified atom stereocenters. The molecule has 0 aromatic heterocycles. The zero-order valence-corrected chi connectivity index (χ0v) is 11.0. The van der Waals surface area contributed by atoms with Crippen LogP contribution in [0.15, 0.2) is 24.3 Å². The van der Waals surface area contributed by atoms with Crippen LogP contribution in [-0.2, 0) is 4.79 Å². The molecule has 1 rings (SSSR count). The maximum absolute atomic E-state index is 11.9. The second kappa shape index (κ2) is 7.17. The van der Waals surface area contributed by atoms with E-state index in [1.165, 1.54) is 0 Å². The Morgan fingerprint density at radius 1 is 1.35 bits per heavy atom. The van der Waals surface area contributed by atoms with Gasteiger partial charge in [0.1, 0.15) is 5.75 Å². The van der Waals surface area contributed by atoms with Gasteiger partial charge in [0.2, 0.25) is 5.91 Å². The highest BCUT2D eigenvalue weighted by molar-refractivity contribution is 6.17. The van der Waals surface area contributed by atoms with Crippen LogP contribution >= 0.6 is 11.6 Å². The van der Waals surface area contributed by atoms with Gasteiger partial charge in [-0.1, -0.05) is 12.1 Å². The van der Waals surface area contributed by atoms with Crippen molar-refractivity contribution in [3.05, 3.63) is 24.3 Å². The highest BCUT2D eigenvalue weighted by atomic mass is 35.5. The Hall–Kier alpha value is -1.22. The van der Waals surface area contributed by atoms with Crippen LogP contribution in [0.25, 0.3) is 0 Å². The molecule has 1 aromatic carbocycles. The monoisotopic (exact) mass is 255 g/mol. The molecule has 4 heteroatoms. The number of carbonyl (C=O) groups is 1. The number of amides is 1. The number of methoxy groups -OCH3 is 1. The van der Waals surface area contributed by atoms with E-state index in [0.29, 0.717) is 18.1 Å². The highest BCUT2D eigenvalue weighted by Crippen LogP contribution is 2.27. The third kappa shape index (κ3) is 3.93. The smallest absolute Gasteiger partial charge is 0.226 e. The first-order valence-electron chi connectivity index (χ1n) is 5.66. The van der Waals surface area contributed by atoms with Crippen molar-refractivity contribution in [2.75, 3.05) is 24.9 Å². The Morgan fingerprint density at radius 2 is 2.06 bits per heavy atom.